The second-order valence-electron chi connectivity index (χ2n) is 5.02. The maximum atomic E-state index is 12.1. The van der Waals surface area contributed by atoms with Crippen LogP contribution in [-0.2, 0) is 20.7 Å². The average molecular weight is 322 g/mol. The number of methoxy groups -OCH3 is 1. The fourth-order valence-corrected chi connectivity index (χ4v) is 2.58. The van der Waals surface area contributed by atoms with Crippen LogP contribution in [0.15, 0.2) is 28.2 Å². The number of thiophene rings is 1. The van der Waals surface area contributed by atoms with Gasteiger partial charge < -0.3 is 14.5 Å². The number of aromatic nitrogens is 1. The lowest BCUT2D eigenvalue weighted by molar-refractivity contribution is -0.150. The Bertz CT molecular complexity index is 650. The van der Waals surface area contributed by atoms with Gasteiger partial charge in [-0.15, -0.1) is 11.3 Å². The van der Waals surface area contributed by atoms with Gasteiger partial charge in [0.05, 0.1) is 24.1 Å². The summed E-state index contributed by atoms with van der Waals surface area (Å²) in [7, 11) is 1.30. The first-order valence-electron chi connectivity index (χ1n) is 6.86. The minimum Gasteiger partial charge on any atom is -0.467 e. The van der Waals surface area contributed by atoms with Crippen LogP contribution in [0.3, 0.4) is 0 Å². The standard InChI is InChI=1S/C15H18N2O4S/c1-4-15(2,14(19)20-3)17-12(18)8-10-9-21-13(16-10)11-6-5-7-22-11/h5-7,9H,4,8H2,1-3H3,(H,17,18). The Balaban J connectivity index is 2.02. The Morgan fingerprint density at radius 3 is 2.86 bits per heavy atom. The third kappa shape index (κ3) is 3.54. The Morgan fingerprint density at radius 2 is 2.27 bits per heavy atom. The second kappa shape index (κ2) is 6.74. The maximum Gasteiger partial charge on any atom is 0.331 e. The Labute approximate surface area is 132 Å². The molecule has 0 saturated heterocycles. The molecule has 22 heavy (non-hydrogen) atoms. The van der Waals surface area contributed by atoms with Crippen LogP contribution in [0.4, 0.5) is 0 Å². The van der Waals surface area contributed by atoms with Gasteiger partial charge in [-0.25, -0.2) is 9.78 Å². The van der Waals surface area contributed by atoms with E-state index in [2.05, 4.69) is 10.3 Å². The third-order valence-corrected chi connectivity index (χ3v) is 4.24. The zero-order chi connectivity index (χ0) is 16.2. The van der Waals surface area contributed by atoms with E-state index in [1.165, 1.54) is 24.7 Å². The molecule has 118 valence electrons. The summed E-state index contributed by atoms with van der Waals surface area (Å²) in [4.78, 5) is 29.0. The lowest BCUT2D eigenvalue weighted by Crippen LogP contribution is -2.52. The molecule has 0 saturated carbocycles. The topological polar surface area (TPSA) is 81.4 Å². The zero-order valence-corrected chi connectivity index (χ0v) is 13.5. The summed E-state index contributed by atoms with van der Waals surface area (Å²) in [5.41, 5.74) is -0.518. The van der Waals surface area contributed by atoms with Crippen molar-refractivity contribution in [1.29, 1.82) is 0 Å². The second-order valence-corrected chi connectivity index (χ2v) is 5.97. The highest BCUT2D eigenvalue weighted by molar-refractivity contribution is 7.13. The Kier molecular flexibility index (Phi) is 4.97. The summed E-state index contributed by atoms with van der Waals surface area (Å²) in [5, 5.41) is 4.62. The highest BCUT2D eigenvalue weighted by Gasteiger charge is 2.34. The summed E-state index contributed by atoms with van der Waals surface area (Å²) in [6, 6.07) is 3.80. The summed E-state index contributed by atoms with van der Waals surface area (Å²) in [6.07, 6.45) is 1.93. The van der Waals surface area contributed by atoms with E-state index < -0.39 is 11.5 Å². The minimum atomic E-state index is -1.04. The van der Waals surface area contributed by atoms with Gasteiger partial charge in [-0.05, 0) is 24.8 Å². The van der Waals surface area contributed by atoms with E-state index in [-0.39, 0.29) is 12.3 Å². The van der Waals surface area contributed by atoms with Crippen LogP contribution in [0.2, 0.25) is 0 Å². The summed E-state index contributed by atoms with van der Waals surface area (Å²) >= 11 is 1.51. The minimum absolute atomic E-state index is 0.0431. The molecule has 0 radical (unpaired) electrons. The molecule has 1 atom stereocenters. The van der Waals surface area contributed by atoms with Gasteiger partial charge in [0.2, 0.25) is 11.8 Å². The van der Waals surface area contributed by atoms with Crippen LogP contribution in [0.5, 0.6) is 0 Å². The van der Waals surface area contributed by atoms with Gasteiger partial charge in [0.25, 0.3) is 0 Å². The number of ether oxygens (including phenoxy) is 1. The number of esters is 1. The van der Waals surface area contributed by atoms with Gasteiger partial charge in [-0.3, -0.25) is 4.79 Å². The van der Waals surface area contributed by atoms with Crippen molar-refractivity contribution >= 4 is 23.2 Å². The van der Waals surface area contributed by atoms with Crippen molar-refractivity contribution in [3.8, 4) is 10.8 Å². The first-order valence-corrected chi connectivity index (χ1v) is 7.74. The number of hydrogen-bond donors (Lipinski definition) is 1. The van der Waals surface area contributed by atoms with Crippen LogP contribution in [0, 0.1) is 0 Å². The van der Waals surface area contributed by atoms with Crippen LogP contribution >= 0.6 is 11.3 Å². The molecule has 2 rings (SSSR count). The van der Waals surface area contributed by atoms with E-state index >= 15 is 0 Å². The van der Waals surface area contributed by atoms with E-state index in [0.29, 0.717) is 18.0 Å². The SMILES string of the molecule is CCC(C)(NC(=O)Cc1coc(-c2cccs2)n1)C(=O)OC. The van der Waals surface area contributed by atoms with Gasteiger partial charge in [-0.1, -0.05) is 13.0 Å². The van der Waals surface area contributed by atoms with E-state index in [9.17, 15) is 9.59 Å². The lowest BCUT2D eigenvalue weighted by Gasteiger charge is -2.26. The Hall–Kier alpha value is -2.15. The molecule has 1 unspecified atom stereocenters. The number of nitrogens with zero attached hydrogens (tertiary/aromatic N) is 1. The molecule has 0 fully saturated rings. The number of rotatable bonds is 6. The number of carbonyl (C=O) groups is 2. The fourth-order valence-electron chi connectivity index (χ4n) is 1.93. The third-order valence-electron chi connectivity index (χ3n) is 3.38. The average Bonchev–Trinajstić information content (AvgIpc) is 3.16. The molecule has 0 spiro atoms. The highest BCUT2D eigenvalue weighted by Crippen LogP contribution is 2.23. The quantitative estimate of drug-likeness (QED) is 0.826. The van der Waals surface area contributed by atoms with Crippen LogP contribution in [-0.4, -0.2) is 29.5 Å². The van der Waals surface area contributed by atoms with Crippen molar-refractivity contribution in [2.45, 2.75) is 32.2 Å². The van der Waals surface area contributed by atoms with Crippen molar-refractivity contribution in [1.82, 2.24) is 10.3 Å². The van der Waals surface area contributed by atoms with Gasteiger partial charge in [0, 0.05) is 0 Å². The normalized spacial score (nSPS) is 13.4. The van der Waals surface area contributed by atoms with Crippen molar-refractivity contribution < 1.29 is 18.7 Å². The first-order chi connectivity index (χ1) is 10.5. The number of oxazole rings is 1. The molecule has 0 aliphatic carbocycles. The predicted molar refractivity (Wildman–Crippen MR) is 82.4 cm³/mol. The number of hydrogen-bond acceptors (Lipinski definition) is 6. The predicted octanol–water partition coefficient (Wildman–Crippen LogP) is 2.40. The van der Waals surface area contributed by atoms with Crippen LogP contribution < -0.4 is 5.32 Å². The van der Waals surface area contributed by atoms with Crippen LogP contribution in [0.1, 0.15) is 26.0 Å². The van der Waals surface area contributed by atoms with Crippen molar-refractivity contribution in [3.05, 3.63) is 29.5 Å². The molecule has 2 aromatic rings. The molecule has 1 N–H and O–H groups in total. The monoisotopic (exact) mass is 322 g/mol. The van der Waals surface area contributed by atoms with Gasteiger partial charge in [-0.2, -0.15) is 0 Å². The van der Waals surface area contributed by atoms with Gasteiger partial charge in [0.1, 0.15) is 11.8 Å². The van der Waals surface area contributed by atoms with Gasteiger partial charge >= 0.3 is 5.97 Å². The summed E-state index contributed by atoms with van der Waals surface area (Å²) < 4.78 is 10.1. The lowest BCUT2D eigenvalue weighted by atomic mass is 9.99. The van der Waals surface area contributed by atoms with E-state index in [4.69, 9.17) is 9.15 Å². The highest BCUT2D eigenvalue weighted by atomic mass is 32.1. The van der Waals surface area contributed by atoms with Gasteiger partial charge in [0.15, 0.2) is 0 Å². The summed E-state index contributed by atoms with van der Waals surface area (Å²) in [6.45, 7) is 3.44. The number of nitrogens with one attached hydrogen (secondary N) is 1. The summed E-state index contributed by atoms with van der Waals surface area (Å²) in [5.74, 6) is -0.285. The number of carbonyl (C=O) groups excluding carboxylic acids is 2. The molecule has 6 nitrogen and oxygen atoms in total. The largest absolute Gasteiger partial charge is 0.467 e. The molecule has 0 aliphatic rings. The molecule has 0 aliphatic heterocycles. The van der Waals surface area contributed by atoms with E-state index in [1.54, 1.807) is 6.92 Å². The Morgan fingerprint density at radius 1 is 1.50 bits per heavy atom. The molecule has 7 heteroatoms. The van der Waals surface area contributed by atoms with Crippen molar-refractivity contribution in [3.63, 3.8) is 0 Å². The molecular formula is C15H18N2O4S. The molecular weight excluding hydrogens is 304 g/mol. The van der Waals surface area contributed by atoms with Crippen LogP contribution in [0.25, 0.3) is 10.8 Å². The first kappa shape index (κ1) is 16.2. The van der Waals surface area contributed by atoms with E-state index in [0.717, 1.165) is 4.88 Å². The molecule has 2 aromatic heterocycles. The fraction of sp³-hybridized carbons (Fsp3) is 0.400. The smallest absolute Gasteiger partial charge is 0.331 e. The zero-order valence-electron chi connectivity index (χ0n) is 12.7. The van der Waals surface area contributed by atoms with Crippen molar-refractivity contribution in [2.24, 2.45) is 0 Å². The maximum absolute atomic E-state index is 12.1. The molecule has 2 heterocycles. The number of amides is 1. The molecule has 0 bridgehead atoms. The van der Waals surface area contributed by atoms with Crippen molar-refractivity contribution in [2.75, 3.05) is 7.11 Å². The van der Waals surface area contributed by atoms with E-state index in [1.807, 2.05) is 24.4 Å². The molecule has 0 aromatic carbocycles. The molecule has 1 amide bonds.